The van der Waals surface area contributed by atoms with Crippen LogP contribution in [0, 0.1) is 6.92 Å². The van der Waals surface area contributed by atoms with Gasteiger partial charge >= 0.3 is 0 Å². The molecule has 4 nitrogen and oxygen atoms in total. The van der Waals surface area contributed by atoms with Crippen LogP contribution in [0.25, 0.3) is 0 Å². The topological polar surface area (TPSA) is 50.9 Å². The van der Waals surface area contributed by atoms with Gasteiger partial charge in [-0.05, 0) is 25.8 Å². The molecule has 0 bridgehead atoms. The molecule has 0 radical (unpaired) electrons. The number of rotatable bonds is 5. The molecule has 0 aliphatic carbocycles. The molecule has 1 N–H and O–H groups in total. The minimum absolute atomic E-state index is 0.0502. The molecule has 18 heavy (non-hydrogen) atoms. The van der Waals surface area contributed by atoms with Crippen LogP contribution in [-0.4, -0.2) is 19.9 Å². The molecule has 1 aromatic heterocycles. The molecule has 1 aromatic carbocycles. The molecular weight excluding hydrogens is 226 g/mol. The van der Waals surface area contributed by atoms with Gasteiger partial charge < -0.3 is 9.67 Å². The van der Waals surface area contributed by atoms with Crippen molar-refractivity contribution in [2.24, 2.45) is 0 Å². The van der Waals surface area contributed by atoms with Crippen LogP contribution in [0.3, 0.4) is 0 Å². The molecule has 0 amide bonds. The number of aliphatic hydroxyl groups excluding tert-OH is 1. The molecule has 2 rings (SSSR count). The average Bonchev–Trinajstić information content (AvgIpc) is 2.80. The summed E-state index contributed by atoms with van der Waals surface area (Å²) in [5.74, 6) is 1.60. The molecule has 2 aromatic rings. The SMILES string of the molecule is CCn1c(CO)nnc1CCc1ccc(C)cc1. The summed E-state index contributed by atoms with van der Waals surface area (Å²) >= 11 is 0. The van der Waals surface area contributed by atoms with Crippen molar-refractivity contribution in [3.05, 3.63) is 47.0 Å². The largest absolute Gasteiger partial charge is 0.388 e. The first kappa shape index (κ1) is 12.8. The maximum atomic E-state index is 9.16. The van der Waals surface area contributed by atoms with Gasteiger partial charge in [0, 0.05) is 13.0 Å². The van der Waals surface area contributed by atoms with Crippen LogP contribution in [0.5, 0.6) is 0 Å². The normalized spacial score (nSPS) is 10.8. The van der Waals surface area contributed by atoms with E-state index in [1.54, 1.807) is 0 Å². The quantitative estimate of drug-likeness (QED) is 0.875. The zero-order chi connectivity index (χ0) is 13.0. The molecule has 0 unspecified atom stereocenters. The van der Waals surface area contributed by atoms with Crippen LogP contribution >= 0.6 is 0 Å². The molecule has 0 aliphatic heterocycles. The molecule has 1 heterocycles. The van der Waals surface area contributed by atoms with Crippen molar-refractivity contribution in [2.75, 3.05) is 0 Å². The number of aromatic nitrogens is 3. The monoisotopic (exact) mass is 245 g/mol. The fourth-order valence-corrected chi connectivity index (χ4v) is 2.05. The van der Waals surface area contributed by atoms with Gasteiger partial charge in [0.1, 0.15) is 12.4 Å². The lowest BCUT2D eigenvalue weighted by Crippen LogP contribution is -2.07. The van der Waals surface area contributed by atoms with Crippen LogP contribution in [0.1, 0.15) is 29.7 Å². The van der Waals surface area contributed by atoms with Crippen molar-refractivity contribution < 1.29 is 5.11 Å². The molecule has 0 saturated heterocycles. The Bertz CT molecular complexity index is 502. The number of hydrogen-bond donors (Lipinski definition) is 1. The Hall–Kier alpha value is -1.68. The number of aliphatic hydroxyl groups is 1. The molecule has 0 aliphatic rings. The van der Waals surface area contributed by atoms with E-state index < -0.39 is 0 Å². The first-order valence-corrected chi connectivity index (χ1v) is 6.32. The van der Waals surface area contributed by atoms with Crippen LogP contribution in [0.4, 0.5) is 0 Å². The highest BCUT2D eigenvalue weighted by Gasteiger charge is 2.09. The first-order valence-electron chi connectivity index (χ1n) is 6.32. The highest BCUT2D eigenvalue weighted by molar-refractivity contribution is 5.21. The van der Waals surface area contributed by atoms with E-state index in [9.17, 15) is 0 Å². The van der Waals surface area contributed by atoms with Crippen molar-refractivity contribution in [3.8, 4) is 0 Å². The Labute approximate surface area is 107 Å². The van der Waals surface area contributed by atoms with Crippen LogP contribution in [0.2, 0.25) is 0 Å². The third-order valence-corrected chi connectivity index (χ3v) is 3.12. The second-order valence-corrected chi connectivity index (χ2v) is 4.42. The second-order valence-electron chi connectivity index (χ2n) is 4.42. The Kier molecular flexibility index (Phi) is 4.10. The summed E-state index contributed by atoms with van der Waals surface area (Å²) in [4.78, 5) is 0. The minimum Gasteiger partial charge on any atom is -0.388 e. The van der Waals surface area contributed by atoms with Crippen molar-refractivity contribution in [1.82, 2.24) is 14.8 Å². The molecule has 0 atom stereocenters. The van der Waals surface area contributed by atoms with Crippen LogP contribution < -0.4 is 0 Å². The average molecular weight is 245 g/mol. The van der Waals surface area contributed by atoms with E-state index in [2.05, 4.69) is 41.4 Å². The van der Waals surface area contributed by atoms with Crippen LogP contribution in [-0.2, 0) is 26.0 Å². The van der Waals surface area contributed by atoms with Gasteiger partial charge in [0.25, 0.3) is 0 Å². The predicted molar refractivity (Wildman–Crippen MR) is 70.2 cm³/mol. The van der Waals surface area contributed by atoms with Crippen molar-refractivity contribution in [2.45, 2.75) is 39.8 Å². The van der Waals surface area contributed by atoms with E-state index in [1.807, 2.05) is 11.5 Å². The Morgan fingerprint density at radius 1 is 1.06 bits per heavy atom. The van der Waals surface area contributed by atoms with Gasteiger partial charge in [-0.1, -0.05) is 29.8 Å². The predicted octanol–water partition coefficient (Wildman–Crippen LogP) is 1.88. The zero-order valence-electron chi connectivity index (χ0n) is 10.9. The molecular formula is C14H19N3O. The summed E-state index contributed by atoms with van der Waals surface area (Å²) in [6.07, 6.45) is 1.80. The third-order valence-electron chi connectivity index (χ3n) is 3.12. The lowest BCUT2D eigenvalue weighted by molar-refractivity contribution is 0.264. The van der Waals surface area contributed by atoms with Gasteiger partial charge in [0.2, 0.25) is 0 Å². The Morgan fingerprint density at radius 2 is 1.72 bits per heavy atom. The molecule has 96 valence electrons. The standard InChI is InChI=1S/C14H19N3O/c1-3-17-13(15-16-14(17)10-18)9-8-12-6-4-11(2)5-7-12/h4-7,18H,3,8-10H2,1-2H3. The van der Waals surface area contributed by atoms with Gasteiger partial charge in [0.05, 0.1) is 0 Å². The fourth-order valence-electron chi connectivity index (χ4n) is 2.05. The van der Waals surface area contributed by atoms with Gasteiger partial charge in [-0.15, -0.1) is 10.2 Å². The summed E-state index contributed by atoms with van der Waals surface area (Å²) in [6.45, 7) is 4.88. The van der Waals surface area contributed by atoms with E-state index in [0.29, 0.717) is 5.82 Å². The van der Waals surface area contributed by atoms with Gasteiger partial charge in [-0.3, -0.25) is 0 Å². The van der Waals surface area contributed by atoms with E-state index in [-0.39, 0.29) is 6.61 Å². The third kappa shape index (κ3) is 2.76. The zero-order valence-corrected chi connectivity index (χ0v) is 10.9. The van der Waals surface area contributed by atoms with Crippen molar-refractivity contribution in [3.63, 3.8) is 0 Å². The first-order chi connectivity index (χ1) is 8.74. The summed E-state index contributed by atoms with van der Waals surface area (Å²) in [6, 6.07) is 8.54. The fraction of sp³-hybridized carbons (Fsp3) is 0.429. The summed E-state index contributed by atoms with van der Waals surface area (Å²) in [7, 11) is 0. The molecule has 4 heteroatoms. The van der Waals surface area contributed by atoms with Crippen molar-refractivity contribution >= 4 is 0 Å². The maximum Gasteiger partial charge on any atom is 0.158 e. The number of aryl methyl sites for hydroxylation is 3. The summed E-state index contributed by atoms with van der Waals surface area (Å²) in [5, 5.41) is 17.3. The van der Waals surface area contributed by atoms with Gasteiger partial charge in [-0.2, -0.15) is 0 Å². The van der Waals surface area contributed by atoms with E-state index in [4.69, 9.17) is 5.11 Å². The van der Waals surface area contributed by atoms with Crippen molar-refractivity contribution in [1.29, 1.82) is 0 Å². The second kappa shape index (κ2) is 5.78. The lowest BCUT2D eigenvalue weighted by Gasteiger charge is -2.06. The van der Waals surface area contributed by atoms with Gasteiger partial charge in [-0.25, -0.2) is 0 Å². The maximum absolute atomic E-state index is 9.16. The number of hydrogen-bond acceptors (Lipinski definition) is 3. The summed E-state index contributed by atoms with van der Waals surface area (Å²) < 4.78 is 1.98. The van der Waals surface area contributed by atoms with E-state index in [1.165, 1.54) is 11.1 Å². The van der Waals surface area contributed by atoms with Gasteiger partial charge in [0.15, 0.2) is 5.82 Å². The highest BCUT2D eigenvalue weighted by atomic mass is 16.3. The Morgan fingerprint density at radius 3 is 2.33 bits per heavy atom. The van der Waals surface area contributed by atoms with E-state index in [0.717, 1.165) is 25.2 Å². The smallest absolute Gasteiger partial charge is 0.158 e. The minimum atomic E-state index is -0.0502. The molecule has 0 fully saturated rings. The number of nitrogens with zero attached hydrogens (tertiary/aromatic N) is 3. The summed E-state index contributed by atoms with van der Waals surface area (Å²) in [5.41, 5.74) is 2.58. The highest BCUT2D eigenvalue weighted by Crippen LogP contribution is 2.09. The lowest BCUT2D eigenvalue weighted by atomic mass is 10.1. The Balaban J connectivity index is 2.06. The molecule has 0 spiro atoms. The number of benzene rings is 1. The molecule has 0 saturated carbocycles. The van der Waals surface area contributed by atoms with Crippen LogP contribution in [0.15, 0.2) is 24.3 Å². The van der Waals surface area contributed by atoms with E-state index >= 15 is 0 Å².